The second-order valence-electron chi connectivity index (χ2n) is 6.42. The number of nitro benzene ring substituents is 1. The summed E-state index contributed by atoms with van der Waals surface area (Å²) in [6.07, 6.45) is 1.19. The van der Waals surface area contributed by atoms with Gasteiger partial charge in [-0.2, -0.15) is 9.78 Å². The van der Waals surface area contributed by atoms with E-state index in [4.69, 9.17) is 5.73 Å². The number of benzene rings is 1. The quantitative estimate of drug-likeness (QED) is 0.225. The van der Waals surface area contributed by atoms with Gasteiger partial charge in [0.15, 0.2) is 5.69 Å². The summed E-state index contributed by atoms with van der Waals surface area (Å²) in [4.78, 5) is 24.4. The largest absolute Gasteiger partial charge is 0.378 e. The maximum absolute atomic E-state index is 12.7. The van der Waals surface area contributed by atoms with Gasteiger partial charge < -0.3 is 10.6 Å². The molecule has 0 aliphatic rings. The number of nitrogens with zero attached hydrogens (tertiary/aromatic N) is 7. The number of hydrogen-bond acceptors (Lipinski definition) is 10. The van der Waals surface area contributed by atoms with E-state index in [-0.39, 0.29) is 28.6 Å². The smallest absolute Gasteiger partial charge is 0.294 e. The lowest BCUT2D eigenvalue weighted by atomic mass is 10.2. The first-order valence-electron chi connectivity index (χ1n) is 9.39. The monoisotopic (exact) mass is 429 g/mol. The number of hydrazone groups is 1. The van der Waals surface area contributed by atoms with Gasteiger partial charge in [0.1, 0.15) is 12.2 Å². The molecule has 2 aromatic heterocycles. The minimum Gasteiger partial charge on any atom is -0.378 e. The Morgan fingerprint density at radius 1 is 1.35 bits per heavy atom. The molecule has 0 aliphatic carbocycles. The van der Waals surface area contributed by atoms with E-state index >= 15 is 0 Å². The highest BCUT2D eigenvalue weighted by Gasteiger charge is 2.26. The molecule has 0 radical (unpaired) electrons. The van der Waals surface area contributed by atoms with E-state index in [9.17, 15) is 14.9 Å². The maximum Gasteiger partial charge on any atom is 0.294 e. The van der Waals surface area contributed by atoms with Crippen LogP contribution >= 0.6 is 0 Å². The molecule has 1 amide bonds. The molecule has 14 nitrogen and oxygen atoms in total. The summed E-state index contributed by atoms with van der Waals surface area (Å²) < 4.78 is 5.93. The Balaban J connectivity index is 1.88. The fourth-order valence-electron chi connectivity index (χ4n) is 2.86. The highest BCUT2D eigenvalue weighted by molar-refractivity contribution is 5.94. The zero-order valence-electron chi connectivity index (χ0n) is 16.8. The molecule has 0 spiro atoms. The normalized spacial score (nSPS) is 11.3. The van der Waals surface area contributed by atoms with Crippen molar-refractivity contribution in [2.24, 2.45) is 5.10 Å². The van der Waals surface area contributed by atoms with Gasteiger partial charge >= 0.3 is 0 Å². The van der Waals surface area contributed by atoms with E-state index in [1.165, 1.54) is 23.0 Å². The number of hydrogen-bond donors (Lipinski definition) is 3. The van der Waals surface area contributed by atoms with Crippen LogP contribution in [0.5, 0.6) is 0 Å². The van der Waals surface area contributed by atoms with Crippen LogP contribution in [0.15, 0.2) is 34.0 Å². The third-order valence-corrected chi connectivity index (χ3v) is 4.60. The molecule has 0 bridgehead atoms. The molecule has 14 heteroatoms. The number of rotatable bonds is 9. The number of quaternary nitrogens is 1. The van der Waals surface area contributed by atoms with Gasteiger partial charge in [0.05, 0.1) is 29.8 Å². The van der Waals surface area contributed by atoms with Crippen LogP contribution in [0.3, 0.4) is 0 Å². The number of aromatic nitrogens is 5. The number of nitro groups is 1. The minimum absolute atomic E-state index is 0.00191. The molecule has 162 valence electrons. The van der Waals surface area contributed by atoms with Crippen LogP contribution in [0.2, 0.25) is 0 Å². The van der Waals surface area contributed by atoms with Crippen LogP contribution in [-0.2, 0) is 6.54 Å². The molecule has 0 saturated heterocycles. The van der Waals surface area contributed by atoms with Crippen molar-refractivity contribution < 1.29 is 19.2 Å². The molecule has 0 fully saturated rings. The van der Waals surface area contributed by atoms with E-state index in [1.54, 1.807) is 12.1 Å². The molecule has 0 unspecified atom stereocenters. The lowest BCUT2D eigenvalue weighted by Crippen LogP contribution is -3.10. The third kappa shape index (κ3) is 4.69. The molecular formula is C17H21N10O4+. The first kappa shape index (κ1) is 21.5. The SMILES string of the molecule is CC[NH+](CC)Cc1c(C(=O)N/N=C\c2ccccc2[N+](=O)[O-])nnn1-c1nonc1N. The van der Waals surface area contributed by atoms with Crippen molar-refractivity contribution in [1.82, 2.24) is 30.7 Å². The van der Waals surface area contributed by atoms with E-state index in [0.717, 1.165) is 18.0 Å². The van der Waals surface area contributed by atoms with E-state index in [2.05, 4.69) is 35.8 Å². The average molecular weight is 429 g/mol. The number of carbonyl (C=O) groups excluding carboxylic acids is 1. The molecule has 3 aromatic rings. The van der Waals surface area contributed by atoms with Crippen LogP contribution in [0, 0.1) is 10.1 Å². The third-order valence-electron chi connectivity index (χ3n) is 4.60. The number of nitrogen functional groups attached to an aromatic ring is 1. The Morgan fingerprint density at radius 2 is 2.10 bits per heavy atom. The minimum atomic E-state index is -0.641. The van der Waals surface area contributed by atoms with E-state index in [1.807, 2.05) is 13.8 Å². The number of amides is 1. The predicted molar refractivity (Wildman–Crippen MR) is 108 cm³/mol. The number of anilines is 1. The number of carbonyl (C=O) groups is 1. The van der Waals surface area contributed by atoms with Gasteiger partial charge in [0.2, 0.25) is 11.6 Å². The Bertz CT molecular complexity index is 1100. The van der Waals surface area contributed by atoms with Crippen molar-refractivity contribution in [2.75, 3.05) is 18.8 Å². The Hall–Kier alpha value is -4.20. The summed E-state index contributed by atoms with van der Waals surface area (Å²) in [5.74, 6) is -0.517. The molecule has 4 N–H and O–H groups in total. The summed E-state index contributed by atoms with van der Waals surface area (Å²) in [6, 6.07) is 6.03. The molecule has 0 aliphatic heterocycles. The second-order valence-corrected chi connectivity index (χ2v) is 6.42. The molecule has 2 heterocycles. The van der Waals surface area contributed by atoms with Crippen molar-refractivity contribution >= 4 is 23.6 Å². The highest BCUT2D eigenvalue weighted by atomic mass is 16.6. The van der Waals surface area contributed by atoms with Crippen LogP contribution in [0.1, 0.15) is 35.6 Å². The van der Waals surface area contributed by atoms with Gasteiger partial charge in [-0.1, -0.05) is 17.3 Å². The molecule has 3 rings (SSSR count). The van der Waals surface area contributed by atoms with Crippen molar-refractivity contribution in [3.05, 3.63) is 51.3 Å². The fourth-order valence-corrected chi connectivity index (χ4v) is 2.86. The van der Waals surface area contributed by atoms with Gasteiger partial charge in [-0.25, -0.2) is 10.1 Å². The second kappa shape index (κ2) is 9.53. The van der Waals surface area contributed by atoms with Crippen LogP contribution in [-0.4, -0.2) is 55.4 Å². The van der Waals surface area contributed by atoms with Gasteiger partial charge in [0, 0.05) is 6.07 Å². The van der Waals surface area contributed by atoms with E-state index < -0.39 is 10.8 Å². The van der Waals surface area contributed by atoms with Crippen molar-refractivity contribution in [3.63, 3.8) is 0 Å². The van der Waals surface area contributed by atoms with Gasteiger partial charge in [0.25, 0.3) is 11.6 Å². The highest BCUT2D eigenvalue weighted by Crippen LogP contribution is 2.16. The molecule has 1 aromatic carbocycles. The fraction of sp³-hybridized carbons (Fsp3) is 0.294. The summed E-state index contributed by atoms with van der Waals surface area (Å²) in [6.45, 7) is 6.02. The summed E-state index contributed by atoms with van der Waals surface area (Å²) in [5, 5.41) is 30.1. The lowest BCUT2D eigenvalue weighted by molar-refractivity contribution is -0.910. The Labute approximate surface area is 175 Å². The topological polar surface area (TPSA) is 185 Å². The van der Waals surface area contributed by atoms with Crippen molar-refractivity contribution in [2.45, 2.75) is 20.4 Å². The van der Waals surface area contributed by atoms with Gasteiger partial charge in [-0.3, -0.25) is 14.9 Å². The summed E-state index contributed by atoms with van der Waals surface area (Å²) >= 11 is 0. The van der Waals surface area contributed by atoms with E-state index in [0.29, 0.717) is 12.2 Å². The Kier molecular flexibility index (Phi) is 6.61. The number of nitrogens with two attached hydrogens (primary N) is 1. The van der Waals surface area contributed by atoms with Crippen LogP contribution in [0.25, 0.3) is 5.82 Å². The summed E-state index contributed by atoms with van der Waals surface area (Å²) in [5.41, 5.74) is 8.66. The van der Waals surface area contributed by atoms with Crippen LogP contribution in [0.4, 0.5) is 11.5 Å². The number of nitrogens with one attached hydrogen (secondary N) is 2. The molecular weight excluding hydrogens is 408 g/mol. The standard InChI is InChI=1S/C17H20N10O4/c1-3-25(4-2)10-13-14(20-24-26(13)16-15(18)22-31-23-16)17(28)21-19-9-11-7-5-6-8-12(11)27(29)30/h5-9H,3-4,10H2,1-2H3,(H2,18,22)(H,21,28)/p+1/b19-9-. The zero-order valence-corrected chi connectivity index (χ0v) is 16.8. The zero-order chi connectivity index (χ0) is 22.4. The maximum atomic E-state index is 12.7. The predicted octanol–water partition coefficient (Wildman–Crippen LogP) is -0.671. The van der Waals surface area contributed by atoms with Crippen molar-refractivity contribution in [1.29, 1.82) is 0 Å². The van der Waals surface area contributed by atoms with Crippen molar-refractivity contribution in [3.8, 4) is 5.82 Å². The first-order chi connectivity index (χ1) is 15.0. The lowest BCUT2D eigenvalue weighted by Gasteiger charge is -2.15. The van der Waals surface area contributed by atoms with Crippen LogP contribution < -0.4 is 16.1 Å². The Morgan fingerprint density at radius 3 is 2.74 bits per heavy atom. The van der Waals surface area contributed by atoms with Gasteiger partial charge in [-0.15, -0.1) is 5.10 Å². The van der Waals surface area contributed by atoms with Gasteiger partial charge in [-0.05, 0) is 30.2 Å². The molecule has 0 saturated carbocycles. The molecule has 0 atom stereocenters. The average Bonchev–Trinajstić information content (AvgIpc) is 3.37. The first-order valence-corrected chi connectivity index (χ1v) is 9.39. The summed E-state index contributed by atoms with van der Waals surface area (Å²) in [7, 11) is 0. The molecule has 31 heavy (non-hydrogen) atoms. The number of para-hydroxylation sites is 1.